The highest BCUT2D eigenvalue weighted by atomic mass is 16.5. The molecule has 1 aromatic carbocycles. The zero-order valence-electron chi connectivity index (χ0n) is 11.1. The number of rotatable bonds is 4. The van der Waals surface area contributed by atoms with Crippen LogP contribution in [0.25, 0.3) is 0 Å². The number of ketones is 1. The van der Waals surface area contributed by atoms with Crippen LogP contribution < -0.4 is 4.74 Å². The topological polar surface area (TPSA) is 46.5 Å². The van der Waals surface area contributed by atoms with E-state index in [9.17, 15) is 9.90 Å². The molecule has 0 aromatic heterocycles. The highest BCUT2D eigenvalue weighted by Crippen LogP contribution is 2.38. The Morgan fingerprint density at radius 3 is 2.24 bits per heavy atom. The number of carbonyl (C=O) groups excluding carboxylic acids is 1. The minimum atomic E-state index is -0.0678. The van der Waals surface area contributed by atoms with Crippen molar-refractivity contribution in [2.45, 2.75) is 33.6 Å². The van der Waals surface area contributed by atoms with E-state index in [0.29, 0.717) is 11.3 Å². The summed E-state index contributed by atoms with van der Waals surface area (Å²) < 4.78 is 5.21. The average molecular weight is 236 g/mol. The van der Waals surface area contributed by atoms with Crippen molar-refractivity contribution in [3.8, 4) is 11.5 Å². The molecule has 0 aliphatic heterocycles. The van der Waals surface area contributed by atoms with E-state index in [2.05, 4.69) is 0 Å². The molecule has 0 amide bonds. The van der Waals surface area contributed by atoms with E-state index in [1.165, 1.54) is 13.2 Å². The Morgan fingerprint density at radius 1 is 1.24 bits per heavy atom. The maximum Gasteiger partial charge on any atom is 0.165 e. The number of hydrogen-bond acceptors (Lipinski definition) is 3. The van der Waals surface area contributed by atoms with Crippen molar-refractivity contribution in [1.82, 2.24) is 0 Å². The molecular weight excluding hydrogens is 216 g/mol. The number of benzene rings is 1. The first-order valence-corrected chi connectivity index (χ1v) is 5.84. The molecule has 0 radical (unpaired) electrons. The molecule has 0 atom stereocenters. The van der Waals surface area contributed by atoms with Crippen LogP contribution in [0.2, 0.25) is 0 Å². The SMILES string of the molecule is COc1c(O)ccc(C(=O)C(C)C)c1C(C)C. The number of phenolic OH excluding ortho intramolecular Hbond substituents is 1. The number of Topliss-reactive ketones (excluding diaryl/α,β-unsaturated/α-hetero) is 1. The molecule has 1 rings (SSSR count). The number of aromatic hydroxyl groups is 1. The maximum atomic E-state index is 12.1. The lowest BCUT2D eigenvalue weighted by Crippen LogP contribution is -2.12. The number of ether oxygens (including phenoxy) is 1. The molecule has 94 valence electrons. The van der Waals surface area contributed by atoms with E-state index >= 15 is 0 Å². The van der Waals surface area contributed by atoms with E-state index in [-0.39, 0.29) is 23.4 Å². The maximum absolute atomic E-state index is 12.1. The van der Waals surface area contributed by atoms with Crippen molar-refractivity contribution in [3.63, 3.8) is 0 Å². The van der Waals surface area contributed by atoms with Crippen molar-refractivity contribution in [2.24, 2.45) is 5.92 Å². The second kappa shape index (κ2) is 5.21. The van der Waals surface area contributed by atoms with Crippen molar-refractivity contribution in [1.29, 1.82) is 0 Å². The second-order valence-corrected chi connectivity index (χ2v) is 4.75. The fraction of sp³-hybridized carbons (Fsp3) is 0.500. The van der Waals surface area contributed by atoms with Crippen molar-refractivity contribution in [3.05, 3.63) is 23.3 Å². The molecule has 0 bridgehead atoms. The first kappa shape index (κ1) is 13.6. The molecule has 1 N–H and O–H groups in total. The van der Waals surface area contributed by atoms with Crippen LogP contribution in [0.4, 0.5) is 0 Å². The molecule has 0 fully saturated rings. The number of phenols is 1. The molecule has 0 aliphatic carbocycles. The van der Waals surface area contributed by atoms with Gasteiger partial charge in [-0.3, -0.25) is 4.79 Å². The van der Waals surface area contributed by atoms with Gasteiger partial charge in [0.15, 0.2) is 17.3 Å². The van der Waals surface area contributed by atoms with Crippen LogP contribution in [0.1, 0.15) is 49.5 Å². The van der Waals surface area contributed by atoms with E-state index in [4.69, 9.17) is 4.74 Å². The van der Waals surface area contributed by atoms with Gasteiger partial charge in [0.05, 0.1) is 7.11 Å². The monoisotopic (exact) mass is 236 g/mol. The first-order valence-electron chi connectivity index (χ1n) is 5.84. The van der Waals surface area contributed by atoms with Crippen molar-refractivity contribution in [2.75, 3.05) is 7.11 Å². The van der Waals surface area contributed by atoms with E-state index in [1.54, 1.807) is 6.07 Å². The van der Waals surface area contributed by atoms with Gasteiger partial charge < -0.3 is 9.84 Å². The molecule has 1 aromatic rings. The lowest BCUT2D eigenvalue weighted by atomic mass is 9.89. The third kappa shape index (κ3) is 2.60. The zero-order chi connectivity index (χ0) is 13.2. The lowest BCUT2D eigenvalue weighted by molar-refractivity contribution is 0.0937. The third-order valence-corrected chi connectivity index (χ3v) is 2.75. The summed E-state index contributed by atoms with van der Waals surface area (Å²) in [4.78, 5) is 12.1. The molecule has 0 spiro atoms. The lowest BCUT2D eigenvalue weighted by Gasteiger charge is -2.18. The highest BCUT2D eigenvalue weighted by Gasteiger charge is 2.22. The van der Waals surface area contributed by atoms with Gasteiger partial charge in [-0.25, -0.2) is 0 Å². The van der Waals surface area contributed by atoms with Crippen LogP contribution in [-0.2, 0) is 0 Å². The number of methoxy groups -OCH3 is 1. The fourth-order valence-electron chi connectivity index (χ4n) is 1.90. The zero-order valence-corrected chi connectivity index (χ0v) is 11.1. The van der Waals surface area contributed by atoms with Gasteiger partial charge in [-0.15, -0.1) is 0 Å². The summed E-state index contributed by atoms with van der Waals surface area (Å²) in [5, 5.41) is 9.75. The smallest absolute Gasteiger partial charge is 0.165 e. The number of hydrogen-bond donors (Lipinski definition) is 1. The highest BCUT2D eigenvalue weighted by molar-refractivity contribution is 5.99. The molecule has 17 heavy (non-hydrogen) atoms. The molecular formula is C14H20O3. The normalized spacial score (nSPS) is 11.0. The Labute approximate surface area is 102 Å². The average Bonchev–Trinajstić information content (AvgIpc) is 2.27. The Bertz CT molecular complexity index is 420. The predicted molar refractivity (Wildman–Crippen MR) is 67.9 cm³/mol. The molecule has 3 heteroatoms. The van der Waals surface area contributed by atoms with Gasteiger partial charge in [0.2, 0.25) is 0 Å². The summed E-state index contributed by atoms with van der Waals surface area (Å²) >= 11 is 0. The van der Waals surface area contributed by atoms with Crippen LogP contribution in [0, 0.1) is 5.92 Å². The van der Waals surface area contributed by atoms with Gasteiger partial charge in [0.1, 0.15) is 0 Å². The predicted octanol–water partition coefficient (Wildman–Crippen LogP) is 3.36. The number of carbonyl (C=O) groups is 1. The molecule has 3 nitrogen and oxygen atoms in total. The summed E-state index contributed by atoms with van der Waals surface area (Å²) in [6.45, 7) is 7.69. The van der Waals surface area contributed by atoms with Crippen molar-refractivity contribution < 1.29 is 14.6 Å². The summed E-state index contributed by atoms with van der Waals surface area (Å²) in [5.74, 6) is 0.617. The van der Waals surface area contributed by atoms with Crippen LogP contribution in [0.3, 0.4) is 0 Å². The van der Waals surface area contributed by atoms with Gasteiger partial charge >= 0.3 is 0 Å². The van der Waals surface area contributed by atoms with Crippen LogP contribution >= 0.6 is 0 Å². The molecule has 0 aliphatic rings. The summed E-state index contributed by atoms with van der Waals surface area (Å²) in [7, 11) is 1.50. The molecule has 0 heterocycles. The van der Waals surface area contributed by atoms with E-state index in [0.717, 1.165) is 5.56 Å². The largest absolute Gasteiger partial charge is 0.504 e. The molecule has 0 saturated carbocycles. The summed E-state index contributed by atoms with van der Waals surface area (Å²) in [6.07, 6.45) is 0. The Balaban J connectivity index is 3.46. The summed E-state index contributed by atoms with van der Waals surface area (Å²) in [5.41, 5.74) is 1.43. The Hall–Kier alpha value is -1.51. The third-order valence-electron chi connectivity index (χ3n) is 2.75. The minimum Gasteiger partial charge on any atom is -0.504 e. The second-order valence-electron chi connectivity index (χ2n) is 4.75. The first-order chi connectivity index (χ1) is 7.90. The quantitative estimate of drug-likeness (QED) is 0.815. The minimum absolute atomic E-state index is 0.0678. The Morgan fingerprint density at radius 2 is 1.82 bits per heavy atom. The van der Waals surface area contributed by atoms with Gasteiger partial charge in [0, 0.05) is 17.0 Å². The van der Waals surface area contributed by atoms with Crippen LogP contribution in [0.15, 0.2) is 12.1 Å². The van der Waals surface area contributed by atoms with Crippen LogP contribution in [0.5, 0.6) is 11.5 Å². The van der Waals surface area contributed by atoms with Gasteiger partial charge in [-0.05, 0) is 18.1 Å². The molecule has 0 unspecified atom stereocenters. The van der Waals surface area contributed by atoms with E-state index in [1.807, 2.05) is 27.7 Å². The van der Waals surface area contributed by atoms with Gasteiger partial charge in [-0.2, -0.15) is 0 Å². The van der Waals surface area contributed by atoms with E-state index < -0.39 is 0 Å². The fourth-order valence-corrected chi connectivity index (χ4v) is 1.90. The van der Waals surface area contributed by atoms with Crippen molar-refractivity contribution >= 4 is 5.78 Å². The molecule has 0 saturated heterocycles. The van der Waals surface area contributed by atoms with Gasteiger partial charge in [-0.1, -0.05) is 27.7 Å². The Kier molecular flexibility index (Phi) is 4.16. The summed E-state index contributed by atoms with van der Waals surface area (Å²) in [6, 6.07) is 3.19. The van der Waals surface area contributed by atoms with Crippen LogP contribution in [-0.4, -0.2) is 18.0 Å². The standard InChI is InChI=1S/C14H20O3/c1-8(2)12-10(13(16)9(3)4)6-7-11(15)14(12)17-5/h6-9,15H,1-5H3. The van der Waals surface area contributed by atoms with Gasteiger partial charge in [0.25, 0.3) is 0 Å².